The first-order chi connectivity index (χ1) is 14.2. The minimum atomic E-state index is -1.57. The summed E-state index contributed by atoms with van der Waals surface area (Å²) in [7, 11) is -0.119. The van der Waals surface area contributed by atoms with Gasteiger partial charge in [0, 0.05) is 18.6 Å². The Hall–Kier alpha value is -0.440. The van der Waals surface area contributed by atoms with Gasteiger partial charge in [-0.25, -0.2) is 7.84 Å². The first-order valence-corrected chi connectivity index (χ1v) is 11.4. The Balaban J connectivity index is 2.30. The van der Waals surface area contributed by atoms with Gasteiger partial charge in [0.15, 0.2) is 11.5 Å². The Morgan fingerprint density at radius 1 is 1.40 bits per heavy atom. The van der Waals surface area contributed by atoms with Crippen LogP contribution in [-0.4, -0.2) is 68.9 Å². The molecule has 5 atom stereocenters. The van der Waals surface area contributed by atoms with Crippen LogP contribution in [0.15, 0.2) is 6.33 Å². The van der Waals surface area contributed by atoms with Crippen LogP contribution in [0.25, 0.3) is 11.2 Å². The van der Waals surface area contributed by atoms with Crippen molar-refractivity contribution in [1.82, 2.24) is 19.5 Å². The second-order valence-corrected chi connectivity index (χ2v) is 9.39. The highest BCUT2D eigenvalue weighted by molar-refractivity contribution is 14.1. The van der Waals surface area contributed by atoms with Crippen LogP contribution in [0.2, 0.25) is 5.28 Å². The number of methoxy groups -OCH3 is 1. The fourth-order valence-corrected chi connectivity index (χ4v) is 4.50. The van der Waals surface area contributed by atoms with E-state index in [2.05, 4.69) is 15.0 Å². The van der Waals surface area contributed by atoms with Gasteiger partial charge in [-0.05, 0) is 25.4 Å². The van der Waals surface area contributed by atoms with Crippen LogP contribution in [0.5, 0.6) is 0 Å². The van der Waals surface area contributed by atoms with E-state index in [1.165, 1.54) is 13.4 Å². The van der Waals surface area contributed by atoms with Crippen LogP contribution in [0.3, 0.4) is 0 Å². The highest BCUT2D eigenvalue weighted by Gasteiger charge is 2.44. The summed E-state index contributed by atoms with van der Waals surface area (Å²) >= 11 is 7.65. The molecule has 30 heavy (non-hydrogen) atoms. The number of nitrogens with zero attached hydrogens (tertiary/aromatic N) is 4. The largest absolute Gasteiger partial charge is 0.396 e. The molecule has 0 spiro atoms. The van der Waals surface area contributed by atoms with E-state index in [-0.39, 0.29) is 24.3 Å². The molecular formula is C16H26ClIN5O6P. The molecule has 2 heterocycles. The highest BCUT2D eigenvalue weighted by atomic mass is 127. The zero-order valence-corrected chi connectivity index (χ0v) is 20.8. The van der Waals surface area contributed by atoms with Crippen LogP contribution in [0, 0.1) is 5.41 Å². The van der Waals surface area contributed by atoms with E-state index in [0.717, 1.165) is 0 Å². The number of fused-ring (bicyclic) bond motifs is 1. The molecule has 0 aliphatic carbocycles. The smallest absolute Gasteiger partial charge is 0.343 e. The number of rotatable bonds is 12. The molecule has 0 aliphatic heterocycles. The lowest BCUT2D eigenvalue weighted by atomic mass is 9.76. The average molecular weight is 578 g/mol. The summed E-state index contributed by atoms with van der Waals surface area (Å²) < 4.78 is 23.2. The second kappa shape index (κ2) is 11.4. The van der Waals surface area contributed by atoms with Crippen molar-refractivity contribution in [3.63, 3.8) is 0 Å². The number of hydrogen-bond acceptors (Lipinski definition) is 10. The molecule has 0 fully saturated rings. The number of aromatic nitrogens is 4. The molecule has 2 rings (SSSR count). The number of aliphatic hydroxyl groups is 2. The third-order valence-electron chi connectivity index (χ3n) is 5.10. The van der Waals surface area contributed by atoms with Crippen LogP contribution in [0.4, 0.5) is 5.82 Å². The number of anilines is 1. The van der Waals surface area contributed by atoms with Crippen molar-refractivity contribution in [2.75, 3.05) is 32.7 Å². The van der Waals surface area contributed by atoms with Gasteiger partial charge in [-0.3, -0.25) is 0 Å². The first kappa shape index (κ1) is 25.8. The van der Waals surface area contributed by atoms with Gasteiger partial charge in [0.1, 0.15) is 34.6 Å². The summed E-state index contributed by atoms with van der Waals surface area (Å²) in [6.07, 6.45) is -0.365. The Bertz CT molecular complexity index is 835. The van der Waals surface area contributed by atoms with Crippen molar-refractivity contribution in [3.8, 4) is 0 Å². The predicted molar refractivity (Wildman–Crippen MR) is 121 cm³/mol. The van der Waals surface area contributed by atoms with Crippen LogP contribution >= 0.6 is 43.2 Å². The zero-order chi connectivity index (χ0) is 22.5. The summed E-state index contributed by atoms with van der Waals surface area (Å²) in [5.74, 6) is 0.147. The molecule has 0 radical (unpaired) electrons. The number of nitrogen functional groups attached to an aromatic ring is 1. The third-order valence-corrected chi connectivity index (χ3v) is 7.17. The lowest BCUT2D eigenvalue weighted by Gasteiger charge is -2.41. The molecule has 5 unspecified atom stereocenters. The Labute approximate surface area is 194 Å². The van der Waals surface area contributed by atoms with Gasteiger partial charge < -0.3 is 34.3 Å². The fraction of sp³-hybridized carbons (Fsp3) is 0.688. The first-order valence-electron chi connectivity index (χ1n) is 9.05. The molecule has 0 amide bonds. The van der Waals surface area contributed by atoms with Crippen molar-refractivity contribution in [1.29, 1.82) is 0 Å². The van der Waals surface area contributed by atoms with E-state index >= 15 is 0 Å². The molecule has 0 saturated heterocycles. The van der Waals surface area contributed by atoms with E-state index in [0.29, 0.717) is 17.8 Å². The summed E-state index contributed by atoms with van der Waals surface area (Å²) in [6.45, 7) is 5.43. The topological polar surface area (TPSA) is 147 Å². The molecular weight excluding hydrogens is 552 g/mol. The van der Waals surface area contributed by atoms with Gasteiger partial charge >= 0.3 is 8.60 Å². The molecule has 0 aromatic carbocycles. The lowest BCUT2D eigenvalue weighted by molar-refractivity contribution is -0.121. The standard InChI is InChI=1S/C16H26ClIN5O6P/c1-5-27-30(29-18)28-6-10(26-4)12(25)16(3,7-24)9(2)23-8-20-11-13(19)21-15(17)22-14(11)23/h8-10,12,24-25H,5-7H2,1-4H3,(H2,19,21,22). The molecule has 14 heteroatoms. The summed E-state index contributed by atoms with van der Waals surface area (Å²) in [5, 5.41) is 21.4. The van der Waals surface area contributed by atoms with Crippen LogP contribution in [0.1, 0.15) is 26.8 Å². The van der Waals surface area contributed by atoms with Gasteiger partial charge in [0.2, 0.25) is 5.28 Å². The van der Waals surface area contributed by atoms with Gasteiger partial charge in [0.25, 0.3) is 0 Å². The average Bonchev–Trinajstić information content (AvgIpc) is 3.15. The molecule has 0 bridgehead atoms. The monoisotopic (exact) mass is 577 g/mol. The molecule has 0 aliphatic rings. The van der Waals surface area contributed by atoms with Crippen molar-refractivity contribution in [2.24, 2.45) is 5.41 Å². The molecule has 2 aromatic rings. The van der Waals surface area contributed by atoms with Crippen molar-refractivity contribution in [3.05, 3.63) is 11.6 Å². The molecule has 0 saturated carbocycles. The van der Waals surface area contributed by atoms with E-state index in [9.17, 15) is 10.2 Å². The zero-order valence-electron chi connectivity index (χ0n) is 17.0. The predicted octanol–water partition coefficient (Wildman–Crippen LogP) is 2.64. The minimum absolute atomic E-state index is 0.000302. The Kier molecular flexibility index (Phi) is 9.84. The second-order valence-electron chi connectivity index (χ2n) is 6.77. The maximum Gasteiger partial charge on any atom is 0.343 e. The summed E-state index contributed by atoms with van der Waals surface area (Å²) in [5.41, 5.74) is 5.59. The van der Waals surface area contributed by atoms with Crippen molar-refractivity contribution >= 4 is 60.2 Å². The minimum Gasteiger partial charge on any atom is -0.396 e. The lowest BCUT2D eigenvalue weighted by Crippen LogP contribution is -2.50. The molecule has 2 aromatic heterocycles. The number of halogens is 2. The van der Waals surface area contributed by atoms with Gasteiger partial charge in [-0.1, -0.05) is 6.92 Å². The fourth-order valence-electron chi connectivity index (χ4n) is 3.01. The van der Waals surface area contributed by atoms with Gasteiger partial charge in [-0.15, -0.1) is 0 Å². The van der Waals surface area contributed by atoms with Crippen LogP contribution in [-0.2, 0) is 16.6 Å². The van der Waals surface area contributed by atoms with E-state index in [4.69, 9.17) is 34.0 Å². The summed E-state index contributed by atoms with van der Waals surface area (Å²) in [6, 6.07) is -0.472. The number of nitrogens with two attached hydrogens (primary N) is 1. The number of aliphatic hydroxyl groups excluding tert-OH is 2. The van der Waals surface area contributed by atoms with Gasteiger partial charge in [-0.2, -0.15) is 9.97 Å². The number of ether oxygens (including phenoxy) is 1. The van der Waals surface area contributed by atoms with E-state index < -0.39 is 32.3 Å². The maximum absolute atomic E-state index is 11.1. The molecule has 11 nitrogen and oxygen atoms in total. The quantitative estimate of drug-likeness (QED) is 0.195. The Morgan fingerprint density at radius 2 is 2.10 bits per heavy atom. The van der Waals surface area contributed by atoms with Crippen LogP contribution < -0.4 is 5.73 Å². The molecule has 4 N–H and O–H groups in total. The molecule has 170 valence electrons. The maximum atomic E-state index is 11.1. The van der Waals surface area contributed by atoms with E-state index in [1.807, 2.05) is 13.8 Å². The summed E-state index contributed by atoms with van der Waals surface area (Å²) in [4.78, 5) is 12.3. The third kappa shape index (κ3) is 5.48. The van der Waals surface area contributed by atoms with Crippen molar-refractivity contribution in [2.45, 2.75) is 39.0 Å². The van der Waals surface area contributed by atoms with E-state index in [1.54, 1.807) is 34.5 Å². The van der Waals surface area contributed by atoms with Crippen molar-refractivity contribution < 1.29 is 26.9 Å². The number of hydrogen-bond donors (Lipinski definition) is 3. The highest BCUT2D eigenvalue weighted by Crippen LogP contribution is 2.43. The Morgan fingerprint density at radius 3 is 2.67 bits per heavy atom. The normalized spacial score (nSPS) is 18.1. The SMILES string of the molecule is CCOP(OI)OCC(OC)C(O)C(C)(CO)C(C)n1cnc2c(N)nc(Cl)nc21. The van der Waals surface area contributed by atoms with Gasteiger partial charge in [0.05, 0.1) is 32.3 Å². The number of imidazole rings is 1.